The monoisotopic (exact) mass is 300 g/mol. The third kappa shape index (κ3) is 3.94. The first-order valence-electron chi connectivity index (χ1n) is 7.35. The van der Waals surface area contributed by atoms with E-state index in [1.807, 2.05) is 51.1 Å². The summed E-state index contributed by atoms with van der Waals surface area (Å²) in [6.45, 7) is 7.18. The van der Waals surface area contributed by atoms with Crippen molar-refractivity contribution in [1.29, 1.82) is 0 Å². The average Bonchev–Trinajstić information content (AvgIpc) is 2.45. The quantitative estimate of drug-likeness (QED) is 0.751. The highest BCUT2D eigenvalue weighted by molar-refractivity contribution is 5.78. The molecular formula is C19H21FO2. The third-order valence-corrected chi connectivity index (χ3v) is 3.34. The lowest BCUT2D eigenvalue weighted by Gasteiger charge is -2.22. The van der Waals surface area contributed by atoms with Crippen LogP contribution in [-0.2, 0) is 9.53 Å². The van der Waals surface area contributed by atoms with E-state index < -0.39 is 11.5 Å². The molecular weight excluding hydrogens is 279 g/mol. The predicted octanol–water partition coefficient (Wildman–Crippen LogP) is 4.94. The molecule has 0 bridgehead atoms. The molecule has 0 aliphatic carbocycles. The maximum absolute atomic E-state index is 14.3. The molecule has 2 aromatic carbocycles. The van der Waals surface area contributed by atoms with Gasteiger partial charge in [-0.05, 0) is 44.9 Å². The second kappa shape index (κ2) is 6.30. The van der Waals surface area contributed by atoms with Crippen molar-refractivity contribution in [2.45, 2.75) is 39.2 Å². The van der Waals surface area contributed by atoms with Crippen molar-refractivity contribution in [3.05, 3.63) is 59.9 Å². The summed E-state index contributed by atoms with van der Waals surface area (Å²) in [5, 5.41) is 0. The minimum Gasteiger partial charge on any atom is -0.460 e. The van der Waals surface area contributed by atoms with Crippen LogP contribution in [-0.4, -0.2) is 11.6 Å². The second-order valence-electron chi connectivity index (χ2n) is 6.36. The minimum absolute atomic E-state index is 0.334. The molecule has 0 aliphatic rings. The molecule has 0 heterocycles. The van der Waals surface area contributed by atoms with Gasteiger partial charge in [-0.1, -0.05) is 42.5 Å². The van der Waals surface area contributed by atoms with E-state index >= 15 is 0 Å². The maximum atomic E-state index is 14.3. The number of carbonyl (C=O) groups is 1. The van der Waals surface area contributed by atoms with Crippen LogP contribution >= 0.6 is 0 Å². The zero-order chi connectivity index (χ0) is 16.3. The number of hydrogen-bond acceptors (Lipinski definition) is 2. The lowest BCUT2D eigenvalue weighted by molar-refractivity contribution is -0.156. The van der Waals surface area contributed by atoms with E-state index in [4.69, 9.17) is 4.74 Å². The van der Waals surface area contributed by atoms with Gasteiger partial charge < -0.3 is 4.74 Å². The molecule has 0 aliphatic heterocycles. The van der Waals surface area contributed by atoms with E-state index in [1.54, 1.807) is 19.1 Å². The Morgan fingerprint density at radius 3 is 2.27 bits per heavy atom. The van der Waals surface area contributed by atoms with Crippen LogP contribution in [0.25, 0.3) is 11.1 Å². The molecule has 0 saturated carbocycles. The van der Waals surface area contributed by atoms with Crippen LogP contribution in [0, 0.1) is 5.82 Å². The van der Waals surface area contributed by atoms with Gasteiger partial charge in [0.25, 0.3) is 0 Å². The fourth-order valence-corrected chi connectivity index (χ4v) is 2.18. The van der Waals surface area contributed by atoms with E-state index in [9.17, 15) is 9.18 Å². The molecule has 0 amide bonds. The van der Waals surface area contributed by atoms with E-state index in [2.05, 4.69) is 0 Å². The molecule has 0 spiro atoms. The normalized spacial score (nSPS) is 12.8. The van der Waals surface area contributed by atoms with Gasteiger partial charge >= 0.3 is 5.97 Å². The Balaban J connectivity index is 2.24. The predicted molar refractivity (Wildman–Crippen MR) is 86.1 cm³/mol. The Morgan fingerprint density at radius 1 is 1.09 bits per heavy atom. The number of halogens is 1. The van der Waals surface area contributed by atoms with E-state index in [1.165, 1.54) is 6.07 Å². The second-order valence-corrected chi connectivity index (χ2v) is 6.36. The molecule has 0 saturated heterocycles. The topological polar surface area (TPSA) is 26.3 Å². The van der Waals surface area contributed by atoms with Crippen LogP contribution in [0.5, 0.6) is 0 Å². The summed E-state index contributed by atoms with van der Waals surface area (Å²) in [7, 11) is 0. The van der Waals surface area contributed by atoms with Crippen molar-refractivity contribution >= 4 is 5.97 Å². The lowest BCUT2D eigenvalue weighted by Crippen LogP contribution is -2.26. The highest BCUT2D eigenvalue weighted by Crippen LogP contribution is 2.27. The first-order chi connectivity index (χ1) is 10.3. The van der Waals surface area contributed by atoms with Crippen LogP contribution in [0.15, 0.2) is 48.5 Å². The molecule has 2 aromatic rings. The van der Waals surface area contributed by atoms with Crippen LogP contribution in [0.3, 0.4) is 0 Å². The van der Waals surface area contributed by atoms with Crippen LogP contribution in [0.4, 0.5) is 4.39 Å². The maximum Gasteiger partial charge on any atom is 0.313 e. The molecule has 1 atom stereocenters. The molecule has 116 valence electrons. The van der Waals surface area contributed by atoms with E-state index in [0.717, 1.165) is 5.56 Å². The van der Waals surface area contributed by atoms with E-state index in [-0.39, 0.29) is 11.8 Å². The molecule has 2 rings (SSSR count). The fraction of sp³-hybridized carbons (Fsp3) is 0.316. The Labute approximate surface area is 130 Å². The summed E-state index contributed by atoms with van der Waals surface area (Å²) in [5.74, 6) is -1.18. The molecule has 0 aromatic heterocycles. The van der Waals surface area contributed by atoms with Gasteiger partial charge in [0.1, 0.15) is 11.4 Å². The first kappa shape index (κ1) is 16.2. The van der Waals surface area contributed by atoms with Crippen molar-refractivity contribution in [3.63, 3.8) is 0 Å². The van der Waals surface area contributed by atoms with Crippen LogP contribution in [0.2, 0.25) is 0 Å². The number of hydrogen-bond donors (Lipinski definition) is 0. The van der Waals surface area contributed by atoms with Crippen molar-refractivity contribution in [2.75, 3.05) is 0 Å². The van der Waals surface area contributed by atoms with Crippen molar-refractivity contribution in [3.8, 4) is 11.1 Å². The summed E-state index contributed by atoms with van der Waals surface area (Å²) in [6, 6.07) is 14.2. The molecule has 0 radical (unpaired) electrons. The summed E-state index contributed by atoms with van der Waals surface area (Å²) < 4.78 is 19.7. The Bertz CT molecular complexity index is 657. The van der Waals surface area contributed by atoms with Crippen molar-refractivity contribution in [2.24, 2.45) is 0 Å². The molecule has 0 N–H and O–H groups in total. The number of benzene rings is 2. The summed E-state index contributed by atoms with van der Waals surface area (Å²) in [6.07, 6.45) is 0. The number of rotatable bonds is 3. The Hall–Kier alpha value is -2.16. The first-order valence-corrected chi connectivity index (χ1v) is 7.35. The largest absolute Gasteiger partial charge is 0.460 e. The summed E-state index contributed by atoms with van der Waals surface area (Å²) in [4.78, 5) is 12.1. The van der Waals surface area contributed by atoms with Crippen molar-refractivity contribution < 1.29 is 13.9 Å². The number of carbonyl (C=O) groups excluding carboxylic acids is 1. The number of esters is 1. The van der Waals surface area contributed by atoms with Crippen LogP contribution in [0.1, 0.15) is 39.2 Å². The van der Waals surface area contributed by atoms with Crippen LogP contribution < -0.4 is 0 Å². The van der Waals surface area contributed by atoms with Gasteiger partial charge in [0, 0.05) is 5.56 Å². The number of ether oxygens (including phenoxy) is 1. The van der Waals surface area contributed by atoms with Gasteiger partial charge in [0.2, 0.25) is 0 Å². The van der Waals surface area contributed by atoms with Gasteiger partial charge in [-0.25, -0.2) is 4.39 Å². The van der Waals surface area contributed by atoms with Gasteiger partial charge in [0.05, 0.1) is 5.92 Å². The van der Waals surface area contributed by atoms with E-state index in [0.29, 0.717) is 11.1 Å². The molecule has 1 unspecified atom stereocenters. The lowest BCUT2D eigenvalue weighted by atomic mass is 9.97. The molecule has 0 fully saturated rings. The van der Waals surface area contributed by atoms with Gasteiger partial charge in [-0.15, -0.1) is 0 Å². The zero-order valence-electron chi connectivity index (χ0n) is 13.4. The fourth-order valence-electron chi connectivity index (χ4n) is 2.18. The molecule has 2 nitrogen and oxygen atoms in total. The minimum atomic E-state index is -0.548. The smallest absolute Gasteiger partial charge is 0.313 e. The Kier molecular flexibility index (Phi) is 4.65. The summed E-state index contributed by atoms with van der Waals surface area (Å²) in [5.41, 5.74) is 1.41. The zero-order valence-corrected chi connectivity index (χ0v) is 13.4. The van der Waals surface area contributed by atoms with Crippen molar-refractivity contribution in [1.82, 2.24) is 0 Å². The molecule has 22 heavy (non-hydrogen) atoms. The highest BCUT2D eigenvalue weighted by atomic mass is 19.1. The summed E-state index contributed by atoms with van der Waals surface area (Å²) >= 11 is 0. The van der Waals surface area contributed by atoms with Gasteiger partial charge in [0.15, 0.2) is 0 Å². The van der Waals surface area contributed by atoms with Gasteiger partial charge in [-0.2, -0.15) is 0 Å². The molecule has 3 heteroatoms. The standard InChI is InChI=1S/C19H21FO2/c1-13(18(21)22-19(2,3)4)15-10-11-16(17(20)12-15)14-8-6-5-7-9-14/h5-13H,1-4H3. The Morgan fingerprint density at radius 2 is 1.73 bits per heavy atom. The third-order valence-electron chi connectivity index (χ3n) is 3.34. The SMILES string of the molecule is CC(C(=O)OC(C)(C)C)c1ccc(-c2ccccc2)c(F)c1. The highest BCUT2D eigenvalue weighted by Gasteiger charge is 2.23. The van der Waals surface area contributed by atoms with Gasteiger partial charge in [-0.3, -0.25) is 4.79 Å². The average molecular weight is 300 g/mol.